The first-order valence-electron chi connectivity index (χ1n) is 17.6. The minimum absolute atomic E-state index is 0.0585. The van der Waals surface area contributed by atoms with Crippen LogP contribution < -0.4 is 20.3 Å². The van der Waals surface area contributed by atoms with Gasteiger partial charge in [-0.15, -0.1) is 0 Å². The Balaban J connectivity index is 1.47. The van der Waals surface area contributed by atoms with E-state index in [-0.39, 0.29) is 17.9 Å². The molecule has 3 aliphatic rings. The van der Waals surface area contributed by atoms with E-state index in [1.165, 1.54) is 19.1 Å². The highest BCUT2D eigenvalue weighted by Crippen LogP contribution is 2.49. The summed E-state index contributed by atoms with van der Waals surface area (Å²) in [4.78, 5) is 54.5. The maximum absolute atomic E-state index is 14.1. The Morgan fingerprint density at radius 3 is 2.50 bits per heavy atom. The smallest absolute Gasteiger partial charge is 0.409 e. The Hall–Kier alpha value is -4.69. The van der Waals surface area contributed by atoms with E-state index in [2.05, 4.69) is 17.2 Å². The molecule has 3 N–H and O–H groups in total. The highest BCUT2D eigenvalue weighted by molar-refractivity contribution is 6.35. The number of alkyl carbamates (subject to hydrolysis) is 1. The van der Waals surface area contributed by atoms with Gasteiger partial charge in [0.2, 0.25) is 5.91 Å². The van der Waals surface area contributed by atoms with E-state index in [9.17, 15) is 24.3 Å². The quantitative estimate of drug-likeness (QED) is 0.254. The number of hydrogen-bond donors (Lipinski definition) is 3. The zero-order valence-corrected chi connectivity index (χ0v) is 32.3. The van der Waals surface area contributed by atoms with Crippen molar-refractivity contribution in [1.82, 2.24) is 10.6 Å². The van der Waals surface area contributed by atoms with Crippen LogP contribution in [-0.2, 0) is 35.0 Å². The minimum atomic E-state index is -1.83. The lowest BCUT2D eigenvalue weighted by molar-refractivity contribution is -0.152. The predicted molar refractivity (Wildman–Crippen MR) is 202 cm³/mol. The van der Waals surface area contributed by atoms with Crippen molar-refractivity contribution < 1.29 is 48.0 Å². The summed E-state index contributed by atoms with van der Waals surface area (Å²) in [5.41, 5.74) is 1.10. The van der Waals surface area contributed by atoms with Gasteiger partial charge in [-0.05, 0) is 62.6 Å². The number of anilines is 1. The van der Waals surface area contributed by atoms with Crippen LogP contribution >= 0.6 is 11.6 Å². The van der Waals surface area contributed by atoms with Crippen molar-refractivity contribution in [3.8, 4) is 5.75 Å². The molecule has 2 aromatic rings. The van der Waals surface area contributed by atoms with Gasteiger partial charge in [-0.25, -0.2) is 4.79 Å². The molecule has 2 fully saturated rings. The number of fused-ring (bicyclic) bond motifs is 5. The van der Waals surface area contributed by atoms with Gasteiger partial charge in [-0.2, -0.15) is 0 Å². The summed E-state index contributed by atoms with van der Waals surface area (Å²) in [5.74, 6) is -1.91. The summed E-state index contributed by atoms with van der Waals surface area (Å²) in [6, 6.07) is 10.3. The molecule has 54 heavy (non-hydrogen) atoms. The van der Waals surface area contributed by atoms with Crippen molar-refractivity contribution in [2.75, 3.05) is 32.7 Å². The molecule has 0 saturated carbocycles. The molecule has 0 spiro atoms. The SMILES string of the molecule is C=C(C)c1ccc(C(=O)NCC(=O)O[C@H]2CC(=O)N(C)c3cc(cc(OC)c3Cl)C/C(C)=C/C=C/[C@@H](OC)[C@@]3(O)C[C@H](OC(=O)N3)[C@@H](C)[C@@H]3O[C@@]23C)cc1. The van der Waals surface area contributed by atoms with Crippen LogP contribution in [0.25, 0.3) is 5.57 Å². The van der Waals surface area contributed by atoms with Crippen molar-refractivity contribution in [3.05, 3.63) is 88.5 Å². The van der Waals surface area contributed by atoms with Gasteiger partial charge >= 0.3 is 12.1 Å². The summed E-state index contributed by atoms with van der Waals surface area (Å²) < 4.78 is 29.0. The molecule has 5 rings (SSSR count). The van der Waals surface area contributed by atoms with Gasteiger partial charge in [0.15, 0.2) is 5.72 Å². The predicted octanol–water partition coefficient (Wildman–Crippen LogP) is 5.13. The molecule has 7 atom stereocenters. The molecule has 4 bridgehead atoms. The zero-order chi connectivity index (χ0) is 39.5. The molecule has 0 aromatic heterocycles. The molecule has 13 nitrogen and oxygen atoms in total. The molecule has 3 amide bonds. The Kier molecular flexibility index (Phi) is 12.3. The molecule has 3 heterocycles. The number of aliphatic hydroxyl groups is 1. The van der Waals surface area contributed by atoms with Crippen molar-refractivity contribution in [1.29, 1.82) is 0 Å². The number of rotatable bonds is 7. The Labute approximate surface area is 320 Å². The first-order chi connectivity index (χ1) is 25.5. The second-order valence-corrected chi connectivity index (χ2v) is 14.7. The largest absolute Gasteiger partial charge is 0.495 e. The minimum Gasteiger partial charge on any atom is -0.495 e. The topological polar surface area (TPSA) is 165 Å². The van der Waals surface area contributed by atoms with Crippen molar-refractivity contribution in [3.63, 3.8) is 0 Å². The number of benzene rings is 2. The highest BCUT2D eigenvalue weighted by Gasteiger charge is 2.64. The summed E-state index contributed by atoms with van der Waals surface area (Å²) in [6.07, 6.45) is 0.844. The lowest BCUT2D eigenvalue weighted by Gasteiger charge is -2.42. The third-order valence-electron chi connectivity index (χ3n) is 10.3. The number of esters is 1. The monoisotopic (exact) mass is 765 g/mol. The number of carbonyl (C=O) groups is 4. The normalized spacial score (nSPS) is 30.1. The third kappa shape index (κ3) is 8.81. The standard InChI is InChI=1S/C40H48ClN3O10/c1-22(2)26-12-14-27(15-13-26)37(47)42-21-34(46)53-32-19-33(45)44(6)28-17-25(18-29(50-7)35(28)41)16-23(3)10-9-11-31(51-8)40(49)20-30(52-38(48)43-40)24(4)36-39(32,5)54-36/h9-15,17-18,24,30-32,36,49H,1,16,19-21H2,2-8H3,(H,42,47)(H,43,48)/b11-9+,23-10+/t24-,30+,31-,32+,36+,39+,40+/m1/s1. The van der Waals surface area contributed by atoms with Crippen molar-refractivity contribution in [2.24, 2.45) is 5.92 Å². The van der Waals surface area contributed by atoms with Crippen LogP contribution in [0.1, 0.15) is 62.0 Å². The fourth-order valence-corrected chi connectivity index (χ4v) is 7.28. The van der Waals surface area contributed by atoms with Gasteiger partial charge < -0.3 is 39.0 Å². The molecule has 0 radical (unpaired) electrons. The number of carbonyl (C=O) groups excluding carboxylic acids is 4. The van der Waals surface area contributed by atoms with E-state index >= 15 is 0 Å². The van der Waals surface area contributed by atoms with E-state index in [0.29, 0.717) is 23.4 Å². The van der Waals surface area contributed by atoms with Crippen LogP contribution in [0.4, 0.5) is 10.5 Å². The number of allylic oxidation sites excluding steroid dienone is 4. The van der Waals surface area contributed by atoms with Gasteiger partial charge in [-0.3, -0.25) is 19.7 Å². The van der Waals surface area contributed by atoms with E-state index in [1.807, 2.05) is 19.9 Å². The van der Waals surface area contributed by atoms with E-state index < -0.39 is 72.1 Å². The number of nitrogens with one attached hydrogen (secondary N) is 2. The number of nitrogens with zero attached hydrogens (tertiary/aromatic N) is 1. The summed E-state index contributed by atoms with van der Waals surface area (Å²) in [5, 5.41) is 17.0. The van der Waals surface area contributed by atoms with Gasteiger partial charge in [0.1, 0.15) is 41.2 Å². The highest BCUT2D eigenvalue weighted by atomic mass is 35.5. The van der Waals surface area contributed by atoms with E-state index in [1.54, 1.807) is 69.4 Å². The molecule has 14 heteroatoms. The molecule has 0 aliphatic carbocycles. The molecule has 3 aliphatic heterocycles. The second-order valence-electron chi connectivity index (χ2n) is 14.3. The number of ether oxygens (including phenoxy) is 5. The molecule has 2 saturated heterocycles. The summed E-state index contributed by atoms with van der Waals surface area (Å²) >= 11 is 6.74. The first kappa shape index (κ1) is 40.5. The number of methoxy groups -OCH3 is 2. The summed E-state index contributed by atoms with van der Waals surface area (Å²) in [7, 11) is 4.47. The number of amides is 3. The first-order valence-corrected chi connectivity index (χ1v) is 18.0. The lowest BCUT2D eigenvalue weighted by Crippen LogP contribution is -2.63. The molecule has 2 aromatic carbocycles. The third-order valence-corrected chi connectivity index (χ3v) is 10.6. The fourth-order valence-electron chi connectivity index (χ4n) is 6.97. The van der Waals surface area contributed by atoms with Crippen LogP contribution in [0, 0.1) is 5.92 Å². The van der Waals surface area contributed by atoms with Crippen LogP contribution in [0.3, 0.4) is 0 Å². The molecule has 290 valence electrons. The number of epoxide rings is 1. The maximum atomic E-state index is 14.1. The average Bonchev–Trinajstić information content (AvgIpc) is 3.83. The Morgan fingerprint density at radius 2 is 1.85 bits per heavy atom. The van der Waals surface area contributed by atoms with Crippen LogP contribution in [-0.4, -0.2) is 92.5 Å². The molecular weight excluding hydrogens is 718 g/mol. The van der Waals surface area contributed by atoms with Gasteiger partial charge in [-0.1, -0.05) is 66.6 Å². The van der Waals surface area contributed by atoms with Crippen molar-refractivity contribution >= 4 is 46.7 Å². The summed E-state index contributed by atoms with van der Waals surface area (Å²) in [6.45, 7) is 10.7. The maximum Gasteiger partial charge on any atom is 0.409 e. The van der Waals surface area contributed by atoms with Crippen LogP contribution in [0.2, 0.25) is 5.02 Å². The lowest BCUT2D eigenvalue weighted by atomic mass is 9.83. The number of hydrogen-bond acceptors (Lipinski definition) is 10. The van der Waals surface area contributed by atoms with Gasteiger partial charge in [0, 0.05) is 32.1 Å². The van der Waals surface area contributed by atoms with E-state index in [4.69, 9.17) is 35.3 Å². The Morgan fingerprint density at radius 1 is 1.17 bits per heavy atom. The average molecular weight is 766 g/mol. The van der Waals surface area contributed by atoms with Gasteiger partial charge in [0.05, 0.1) is 25.3 Å². The van der Waals surface area contributed by atoms with Crippen molar-refractivity contribution in [2.45, 2.75) is 82.7 Å². The zero-order valence-electron chi connectivity index (χ0n) is 31.6. The second kappa shape index (κ2) is 16.4. The Bertz CT molecular complexity index is 1860. The van der Waals surface area contributed by atoms with Crippen LogP contribution in [0.15, 0.2) is 66.8 Å². The fraction of sp³-hybridized carbons (Fsp3) is 0.450. The number of halogens is 1. The van der Waals surface area contributed by atoms with Gasteiger partial charge in [0.25, 0.3) is 5.91 Å². The van der Waals surface area contributed by atoms with E-state index in [0.717, 1.165) is 22.3 Å². The molecular formula is C40H48ClN3O10. The molecule has 0 unspecified atom stereocenters. The van der Waals surface area contributed by atoms with Crippen LogP contribution in [0.5, 0.6) is 5.75 Å².